The third kappa shape index (κ3) is 2.68. The predicted octanol–water partition coefficient (Wildman–Crippen LogP) is 2.57. The average Bonchev–Trinajstić information content (AvgIpc) is 2.49. The molecule has 3 rings (SSSR count). The number of fused-ring (bicyclic) bond motifs is 1. The molecule has 0 radical (unpaired) electrons. The lowest BCUT2D eigenvalue weighted by molar-refractivity contribution is 0.0914. The number of carbonyl (C=O) groups excluding carboxylic acids is 1. The van der Waals surface area contributed by atoms with Gasteiger partial charge < -0.3 is 10.6 Å². The molecule has 0 aliphatic carbocycles. The van der Waals surface area contributed by atoms with Gasteiger partial charge in [0.25, 0.3) is 5.91 Å². The topological polar surface area (TPSA) is 41.1 Å². The molecule has 2 aromatic carbocycles. The van der Waals surface area contributed by atoms with Gasteiger partial charge in [0.1, 0.15) is 0 Å². The Bertz CT molecular complexity index is 623. The highest BCUT2D eigenvalue weighted by atomic mass is 16.1. The zero-order valence-corrected chi connectivity index (χ0v) is 11.7. The van der Waals surface area contributed by atoms with Crippen LogP contribution in [-0.2, 0) is 0 Å². The molecule has 0 bridgehead atoms. The Morgan fingerprint density at radius 2 is 2.00 bits per heavy atom. The van der Waals surface area contributed by atoms with Crippen LogP contribution in [-0.4, -0.2) is 25.0 Å². The van der Waals surface area contributed by atoms with E-state index in [2.05, 4.69) is 23.6 Å². The smallest absolute Gasteiger partial charge is 0.251 e. The van der Waals surface area contributed by atoms with Crippen LogP contribution in [0.4, 0.5) is 0 Å². The molecule has 3 heteroatoms. The number of hydrogen-bond donors (Lipinski definition) is 2. The van der Waals surface area contributed by atoms with Crippen molar-refractivity contribution >= 4 is 16.7 Å². The molecule has 1 aliphatic rings. The third-order valence-corrected chi connectivity index (χ3v) is 4.11. The van der Waals surface area contributed by atoms with E-state index in [0.717, 1.165) is 30.5 Å². The van der Waals surface area contributed by atoms with E-state index in [1.165, 1.54) is 5.39 Å². The van der Waals surface area contributed by atoms with Crippen molar-refractivity contribution < 1.29 is 4.79 Å². The van der Waals surface area contributed by atoms with Crippen molar-refractivity contribution in [3.8, 4) is 0 Å². The fourth-order valence-corrected chi connectivity index (χ4v) is 2.81. The molecule has 1 aliphatic heterocycles. The second-order valence-corrected chi connectivity index (χ2v) is 5.61. The Morgan fingerprint density at radius 1 is 1.20 bits per heavy atom. The second kappa shape index (κ2) is 5.63. The first-order chi connectivity index (χ1) is 9.74. The van der Waals surface area contributed by atoms with E-state index in [1.807, 2.05) is 36.4 Å². The molecule has 0 aromatic heterocycles. The highest BCUT2D eigenvalue weighted by molar-refractivity contribution is 5.98. The Morgan fingerprint density at radius 3 is 2.80 bits per heavy atom. The Kier molecular flexibility index (Phi) is 3.70. The predicted molar refractivity (Wildman–Crippen MR) is 81.9 cm³/mol. The van der Waals surface area contributed by atoms with Gasteiger partial charge in [0.15, 0.2) is 0 Å². The van der Waals surface area contributed by atoms with Crippen LogP contribution in [0.2, 0.25) is 0 Å². The quantitative estimate of drug-likeness (QED) is 0.879. The molecule has 2 unspecified atom stereocenters. The van der Waals surface area contributed by atoms with E-state index in [1.54, 1.807) is 0 Å². The number of piperidine rings is 1. The molecule has 1 amide bonds. The van der Waals surface area contributed by atoms with Crippen LogP contribution in [0.15, 0.2) is 42.5 Å². The molecule has 0 saturated carbocycles. The molecule has 0 spiro atoms. The van der Waals surface area contributed by atoms with Crippen molar-refractivity contribution in [3.05, 3.63) is 48.0 Å². The minimum absolute atomic E-state index is 0.0366. The van der Waals surface area contributed by atoms with E-state index in [0.29, 0.717) is 5.92 Å². The van der Waals surface area contributed by atoms with E-state index < -0.39 is 0 Å². The summed E-state index contributed by atoms with van der Waals surface area (Å²) in [7, 11) is 0. The zero-order chi connectivity index (χ0) is 13.9. The first-order valence-electron chi connectivity index (χ1n) is 7.24. The summed E-state index contributed by atoms with van der Waals surface area (Å²) in [5.41, 5.74) is 0.745. The standard InChI is InChI=1S/C17H20N2O/c1-12-11-18-9-8-16(12)19-17(20)15-7-6-13-4-2-3-5-14(13)10-15/h2-7,10,12,16,18H,8-9,11H2,1H3,(H,19,20). The monoisotopic (exact) mass is 268 g/mol. The number of amides is 1. The van der Waals surface area contributed by atoms with Gasteiger partial charge in [-0.15, -0.1) is 0 Å². The van der Waals surface area contributed by atoms with E-state index in [4.69, 9.17) is 0 Å². The van der Waals surface area contributed by atoms with Crippen LogP contribution in [0, 0.1) is 5.92 Å². The molecule has 1 heterocycles. The lowest BCUT2D eigenvalue weighted by Crippen LogP contribution is -2.48. The molecule has 3 nitrogen and oxygen atoms in total. The van der Waals surface area contributed by atoms with Crippen molar-refractivity contribution in [1.82, 2.24) is 10.6 Å². The van der Waals surface area contributed by atoms with Gasteiger partial charge in [-0.25, -0.2) is 0 Å². The molecule has 1 saturated heterocycles. The van der Waals surface area contributed by atoms with Gasteiger partial charge >= 0.3 is 0 Å². The van der Waals surface area contributed by atoms with Crippen molar-refractivity contribution in [1.29, 1.82) is 0 Å². The summed E-state index contributed by atoms with van der Waals surface area (Å²) in [6, 6.07) is 14.3. The fourth-order valence-electron chi connectivity index (χ4n) is 2.81. The van der Waals surface area contributed by atoms with Gasteiger partial charge in [0, 0.05) is 11.6 Å². The number of hydrogen-bond acceptors (Lipinski definition) is 2. The second-order valence-electron chi connectivity index (χ2n) is 5.61. The van der Waals surface area contributed by atoms with Crippen LogP contribution >= 0.6 is 0 Å². The number of benzene rings is 2. The molecule has 2 aromatic rings. The van der Waals surface area contributed by atoms with Crippen LogP contribution in [0.25, 0.3) is 10.8 Å². The summed E-state index contributed by atoms with van der Waals surface area (Å²) in [4.78, 5) is 12.4. The lowest BCUT2D eigenvalue weighted by atomic mass is 9.95. The van der Waals surface area contributed by atoms with Gasteiger partial charge in [0.05, 0.1) is 0 Å². The minimum atomic E-state index is 0.0366. The molecule has 2 atom stereocenters. The SMILES string of the molecule is CC1CNCCC1NC(=O)c1ccc2ccccc2c1. The van der Waals surface area contributed by atoms with E-state index in [9.17, 15) is 4.79 Å². The first-order valence-corrected chi connectivity index (χ1v) is 7.24. The van der Waals surface area contributed by atoms with Crippen LogP contribution < -0.4 is 10.6 Å². The van der Waals surface area contributed by atoms with Crippen molar-refractivity contribution in [2.24, 2.45) is 5.92 Å². The maximum atomic E-state index is 12.4. The first kappa shape index (κ1) is 13.1. The number of carbonyl (C=O) groups is 1. The average molecular weight is 268 g/mol. The van der Waals surface area contributed by atoms with Gasteiger partial charge in [-0.1, -0.05) is 37.3 Å². The van der Waals surface area contributed by atoms with Crippen molar-refractivity contribution in [2.45, 2.75) is 19.4 Å². The van der Waals surface area contributed by atoms with Gasteiger partial charge in [-0.3, -0.25) is 4.79 Å². The summed E-state index contributed by atoms with van der Waals surface area (Å²) >= 11 is 0. The number of nitrogens with one attached hydrogen (secondary N) is 2. The van der Waals surface area contributed by atoms with E-state index in [-0.39, 0.29) is 11.9 Å². The highest BCUT2D eigenvalue weighted by Gasteiger charge is 2.22. The van der Waals surface area contributed by atoms with Crippen LogP contribution in [0.3, 0.4) is 0 Å². The van der Waals surface area contributed by atoms with Gasteiger partial charge in [-0.2, -0.15) is 0 Å². The number of rotatable bonds is 2. The highest BCUT2D eigenvalue weighted by Crippen LogP contribution is 2.17. The van der Waals surface area contributed by atoms with Crippen LogP contribution in [0.5, 0.6) is 0 Å². The third-order valence-electron chi connectivity index (χ3n) is 4.11. The molecule has 20 heavy (non-hydrogen) atoms. The van der Waals surface area contributed by atoms with Gasteiger partial charge in [-0.05, 0) is 48.3 Å². The molecule has 2 N–H and O–H groups in total. The molecular weight excluding hydrogens is 248 g/mol. The summed E-state index contributed by atoms with van der Waals surface area (Å²) in [5.74, 6) is 0.516. The fraction of sp³-hybridized carbons (Fsp3) is 0.353. The van der Waals surface area contributed by atoms with Crippen LogP contribution in [0.1, 0.15) is 23.7 Å². The van der Waals surface area contributed by atoms with Crippen molar-refractivity contribution in [3.63, 3.8) is 0 Å². The minimum Gasteiger partial charge on any atom is -0.349 e. The normalized spacial score (nSPS) is 22.6. The summed E-state index contributed by atoms with van der Waals surface area (Å²) in [5, 5.41) is 8.80. The Labute approximate surface area is 119 Å². The van der Waals surface area contributed by atoms with Crippen molar-refractivity contribution in [2.75, 3.05) is 13.1 Å². The zero-order valence-electron chi connectivity index (χ0n) is 11.7. The largest absolute Gasteiger partial charge is 0.349 e. The Hall–Kier alpha value is -1.87. The summed E-state index contributed by atoms with van der Waals surface area (Å²) in [6.45, 7) is 4.13. The summed E-state index contributed by atoms with van der Waals surface area (Å²) in [6.07, 6.45) is 1.00. The maximum absolute atomic E-state index is 12.4. The summed E-state index contributed by atoms with van der Waals surface area (Å²) < 4.78 is 0. The lowest BCUT2D eigenvalue weighted by Gasteiger charge is -2.30. The molecular formula is C17H20N2O. The Balaban J connectivity index is 1.78. The van der Waals surface area contributed by atoms with E-state index >= 15 is 0 Å². The van der Waals surface area contributed by atoms with Gasteiger partial charge in [0.2, 0.25) is 0 Å². The molecule has 1 fully saturated rings. The maximum Gasteiger partial charge on any atom is 0.251 e. The molecule has 104 valence electrons.